The van der Waals surface area contributed by atoms with Gasteiger partial charge in [-0.2, -0.15) is 5.26 Å². The number of anilines is 1. The number of carbonyl (C=O) groups is 2. The number of amides is 2. The number of hydrazine groups is 1. The zero-order valence-corrected chi connectivity index (χ0v) is 16.8. The maximum Gasteiger partial charge on any atom is 0.269 e. The molecule has 0 spiro atoms. The van der Waals surface area contributed by atoms with Gasteiger partial charge in [0, 0.05) is 22.8 Å². The van der Waals surface area contributed by atoms with Crippen molar-refractivity contribution < 1.29 is 14.7 Å². The summed E-state index contributed by atoms with van der Waals surface area (Å²) in [6.07, 6.45) is -0.0350. The molecule has 28 heavy (non-hydrogen) atoms. The zero-order valence-electron chi connectivity index (χ0n) is 15.3. The molecule has 1 atom stereocenters. The second-order valence-corrected chi connectivity index (χ2v) is 6.48. The minimum atomic E-state index is -0.418. The molecule has 148 valence electrons. The van der Waals surface area contributed by atoms with Crippen LogP contribution in [0.5, 0.6) is 0 Å². The highest BCUT2D eigenvalue weighted by molar-refractivity contribution is 6.32. The number of halogens is 2. The first-order chi connectivity index (χ1) is 13.3. The van der Waals surface area contributed by atoms with E-state index >= 15 is 0 Å². The molecule has 0 bridgehead atoms. The third-order valence-corrected chi connectivity index (χ3v) is 4.18. The first-order valence-corrected chi connectivity index (χ1v) is 8.92. The fraction of sp³-hybridized carbons (Fsp3) is 0.211. The van der Waals surface area contributed by atoms with Gasteiger partial charge in [0.2, 0.25) is 6.41 Å². The van der Waals surface area contributed by atoms with Crippen molar-refractivity contribution in [1.29, 1.82) is 5.26 Å². The van der Waals surface area contributed by atoms with E-state index in [2.05, 4.69) is 10.7 Å². The summed E-state index contributed by atoms with van der Waals surface area (Å²) in [5.41, 5.74) is 6.79. The van der Waals surface area contributed by atoms with Crippen molar-refractivity contribution in [1.82, 2.24) is 10.9 Å². The number of aliphatic hydroxyl groups excluding tert-OH is 1. The van der Waals surface area contributed by atoms with Crippen molar-refractivity contribution in [3.63, 3.8) is 0 Å². The van der Waals surface area contributed by atoms with Gasteiger partial charge < -0.3 is 10.4 Å². The second-order valence-electron chi connectivity index (χ2n) is 5.66. The van der Waals surface area contributed by atoms with Gasteiger partial charge in [0.15, 0.2) is 0 Å². The quantitative estimate of drug-likeness (QED) is 0.421. The topological polar surface area (TPSA) is 114 Å². The summed E-state index contributed by atoms with van der Waals surface area (Å²) in [6.45, 7) is 4.00. The Balaban J connectivity index is 0.000000283. The average Bonchev–Trinajstić information content (AvgIpc) is 2.68. The number of carbonyl (C=O) groups excluding carboxylic acids is 2. The van der Waals surface area contributed by atoms with Crippen LogP contribution < -0.4 is 16.2 Å². The van der Waals surface area contributed by atoms with E-state index in [0.717, 1.165) is 11.3 Å². The summed E-state index contributed by atoms with van der Waals surface area (Å²) < 4.78 is 0. The monoisotopic (exact) mass is 422 g/mol. The predicted molar refractivity (Wildman–Crippen MR) is 109 cm³/mol. The molecular weight excluding hydrogens is 403 g/mol. The summed E-state index contributed by atoms with van der Waals surface area (Å²) in [5.74, 6) is -0.385. The van der Waals surface area contributed by atoms with Gasteiger partial charge >= 0.3 is 0 Å². The number of hydrogen-bond acceptors (Lipinski definition) is 5. The molecular formula is C19H20Cl2N4O3. The van der Waals surface area contributed by atoms with Crippen LogP contribution in [0.3, 0.4) is 0 Å². The van der Waals surface area contributed by atoms with Crippen molar-refractivity contribution in [2.24, 2.45) is 0 Å². The molecule has 2 amide bonds. The lowest BCUT2D eigenvalue weighted by molar-refractivity contribution is -0.110. The average molecular weight is 423 g/mol. The maximum atomic E-state index is 11.1. The largest absolute Gasteiger partial charge is 0.392 e. The lowest BCUT2D eigenvalue weighted by Gasteiger charge is -2.12. The number of nitrogens with zero attached hydrogens (tertiary/aromatic N) is 1. The predicted octanol–water partition coefficient (Wildman–Crippen LogP) is 3.04. The van der Waals surface area contributed by atoms with Gasteiger partial charge in [0.1, 0.15) is 6.07 Å². The molecule has 0 aliphatic rings. The summed E-state index contributed by atoms with van der Waals surface area (Å²) in [4.78, 5) is 21.0. The molecule has 4 N–H and O–H groups in total. The van der Waals surface area contributed by atoms with E-state index in [4.69, 9.17) is 33.6 Å². The van der Waals surface area contributed by atoms with E-state index < -0.39 is 6.10 Å². The number of benzene rings is 2. The van der Waals surface area contributed by atoms with Crippen LogP contribution in [0.15, 0.2) is 36.4 Å². The van der Waals surface area contributed by atoms with Gasteiger partial charge in [0.25, 0.3) is 5.91 Å². The van der Waals surface area contributed by atoms with Crippen molar-refractivity contribution in [3.05, 3.63) is 63.1 Å². The third kappa shape index (κ3) is 7.45. The minimum Gasteiger partial charge on any atom is -0.392 e. The smallest absolute Gasteiger partial charge is 0.269 e. The first-order valence-electron chi connectivity index (χ1n) is 8.16. The first kappa shape index (κ1) is 23.2. The zero-order chi connectivity index (χ0) is 21.1. The van der Waals surface area contributed by atoms with E-state index in [9.17, 15) is 9.59 Å². The van der Waals surface area contributed by atoms with Crippen LogP contribution in [0.1, 0.15) is 28.4 Å². The maximum absolute atomic E-state index is 11.1. The fourth-order valence-corrected chi connectivity index (χ4v) is 2.32. The molecule has 0 aliphatic heterocycles. The summed E-state index contributed by atoms with van der Waals surface area (Å²) in [6, 6.07) is 11.8. The van der Waals surface area contributed by atoms with E-state index in [1.807, 2.05) is 18.4 Å². The summed E-state index contributed by atoms with van der Waals surface area (Å²) in [7, 11) is 0. The Morgan fingerprint density at radius 2 is 1.89 bits per heavy atom. The Labute approximate surface area is 173 Å². The molecule has 2 aromatic rings. The normalized spacial score (nSPS) is 10.6. The van der Waals surface area contributed by atoms with Gasteiger partial charge in [-0.1, -0.05) is 23.2 Å². The number of nitrogens with one attached hydrogen (secondary N) is 3. The number of nitriles is 1. The van der Waals surface area contributed by atoms with Gasteiger partial charge in [0.05, 0.1) is 16.7 Å². The molecule has 1 unspecified atom stereocenters. The van der Waals surface area contributed by atoms with Crippen molar-refractivity contribution in [2.75, 3.05) is 11.9 Å². The standard InChI is InChI=1S/C11H13ClN2O.C8H7ClN2O2/c1-7(15)6-14-10-4-3-9(5-13)11(12)8(10)2;9-7-3-1-6(2-4-7)8(13)11-10-5-12/h3-4,7,14-15H,6H2,1-2H3;1-5H,(H,10,12)(H,11,13). The molecule has 0 heterocycles. The molecule has 0 aliphatic carbocycles. The van der Waals surface area contributed by atoms with Crippen LogP contribution in [-0.4, -0.2) is 30.1 Å². The Kier molecular flexibility index (Phi) is 9.82. The van der Waals surface area contributed by atoms with Crippen molar-refractivity contribution >= 4 is 41.2 Å². The van der Waals surface area contributed by atoms with E-state index in [1.165, 1.54) is 0 Å². The third-order valence-electron chi connectivity index (χ3n) is 3.45. The molecule has 0 saturated heterocycles. The summed E-state index contributed by atoms with van der Waals surface area (Å²) in [5, 5.41) is 22.0. The molecule has 0 fully saturated rings. The molecule has 2 rings (SSSR count). The Morgan fingerprint density at radius 3 is 2.43 bits per heavy atom. The van der Waals surface area contributed by atoms with Crippen LogP contribution in [0, 0.1) is 18.3 Å². The van der Waals surface area contributed by atoms with Crippen molar-refractivity contribution in [3.8, 4) is 6.07 Å². The number of hydrogen-bond donors (Lipinski definition) is 4. The van der Waals surface area contributed by atoms with Crippen LogP contribution in [0.25, 0.3) is 0 Å². The molecule has 7 nitrogen and oxygen atoms in total. The fourth-order valence-electron chi connectivity index (χ4n) is 1.99. The highest BCUT2D eigenvalue weighted by Gasteiger charge is 2.07. The lowest BCUT2D eigenvalue weighted by atomic mass is 10.1. The molecule has 0 aromatic heterocycles. The van der Waals surface area contributed by atoms with E-state index in [0.29, 0.717) is 34.1 Å². The van der Waals surface area contributed by atoms with Crippen LogP contribution in [0.4, 0.5) is 5.69 Å². The van der Waals surface area contributed by atoms with E-state index in [-0.39, 0.29) is 5.91 Å². The van der Waals surface area contributed by atoms with E-state index in [1.54, 1.807) is 43.3 Å². The Bertz CT molecular complexity index is 849. The van der Waals surface area contributed by atoms with Gasteiger partial charge in [-0.05, 0) is 55.8 Å². The molecule has 9 heteroatoms. The van der Waals surface area contributed by atoms with Crippen molar-refractivity contribution in [2.45, 2.75) is 20.0 Å². The SMILES string of the molecule is Cc1c(NCC(C)O)ccc(C#N)c1Cl.O=CNNC(=O)c1ccc(Cl)cc1. The highest BCUT2D eigenvalue weighted by atomic mass is 35.5. The van der Waals surface area contributed by atoms with Gasteiger partial charge in [-0.25, -0.2) is 0 Å². The van der Waals surface area contributed by atoms with Crippen LogP contribution >= 0.6 is 23.2 Å². The molecule has 0 radical (unpaired) electrons. The number of aliphatic hydroxyl groups is 1. The molecule has 2 aromatic carbocycles. The van der Waals surface area contributed by atoms with Crippen LogP contribution in [0.2, 0.25) is 10.0 Å². The minimum absolute atomic E-state index is 0.383. The molecule has 0 saturated carbocycles. The second kappa shape index (κ2) is 11.8. The summed E-state index contributed by atoms with van der Waals surface area (Å²) >= 11 is 11.6. The number of rotatable bonds is 6. The van der Waals surface area contributed by atoms with Crippen LogP contribution in [-0.2, 0) is 4.79 Å². The Morgan fingerprint density at radius 1 is 1.25 bits per heavy atom. The van der Waals surface area contributed by atoms with Gasteiger partial charge in [-0.15, -0.1) is 0 Å². The Hall–Kier alpha value is -2.79. The van der Waals surface area contributed by atoms with Gasteiger partial charge in [-0.3, -0.25) is 20.4 Å². The lowest BCUT2D eigenvalue weighted by Crippen LogP contribution is -2.36. The highest BCUT2D eigenvalue weighted by Crippen LogP contribution is 2.26.